The lowest BCUT2D eigenvalue weighted by Crippen LogP contribution is -2.28. The van der Waals surface area contributed by atoms with Gasteiger partial charge >= 0.3 is 6.61 Å². The normalized spacial score (nSPS) is 12.0. The third-order valence-electron chi connectivity index (χ3n) is 3.21. The van der Waals surface area contributed by atoms with Crippen molar-refractivity contribution in [3.63, 3.8) is 0 Å². The van der Waals surface area contributed by atoms with E-state index < -0.39 is 18.5 Å². The van der Waals surface area contributed by atoms with Crippen molar-refractivity contribution >= 4 is 5.91 Å². The summed E-state index contributed by atoms with van der Waals surface area (Å²) in [6, 6.07) is 11.5. The van der Waals surface area contributed by atoms with Crippen molar-refractivity contribution in [3.05, 3.63) is 65.5 Å². The molecule has 0 heterocycles. The second kappa shape index (κ2) is 7.67. The second-order valence-electron chi connectivity index (χ2n) is 5.05. The van der Waals surface area contributed by atoms with Crippen molar-refractivity contribution in [1.29, 1.82) is 0 Å². The SMILES string of the molecule is C[C@H](NC(=O)Cc1cccc(F)c1)c1cccc(OC(F)F)c1. The number of benzene rings is 2. The molecule has 0 aromatic heterocycles. The van der Waals surface area contributed by atoms with Gasteiger partial charge < -0.3 is 10.1 Å². The molecule has 0 fully saturated rings. The maximum atomic E-state index is 13.1. The first-order chi connectivity index (χ1) is 10.9. The first-order valence-corrected chi connectivity index (χ1v) is 7.02. The van der Waals surface area contributed by atoms with Gasteiger partial charge in [-0.25, -0.2) is 4.39 Å². The van der Waals surface area contributed by atoms with Gasteiger partial charge in [0.2, 0.25) is 5.91 Å². The lowest BCUT2D eigenvalue weighted by molar-refractivity contribution is -0.121. The van der Waals surface area contributed by atoms with Crippen molar-refractivity contribution in [3.8, 4) is 5.75 Å². The molecule has 23 heavy (non-hydrogen) atoms. The summed E-state index contributed by atoms with van der Waals surface area (Å²) < 4.78 is 41.8. The molecular formula is C17H16F3NO2. The van der Waals surface area contributed by atoms with Crippen LogP contribution in [0, 0.1) is 5.82 Å². The molecule has 0 spiro atoms. The van der Waals surface area contributed by atoms with Crippen LogP contribution in [-0.4, -0.2) is 12.5 Å². The number of carbonyl (C=O) groups is 1. The average Bonchev–Trinajstić information content (AvgIpc) is 2.46. The minimum Gasteiger partial charge on any atom is -0.435 e. The van der Waals surface area contributed by atoms with Crippen molar-refractivity contribution < 1.29 is 22.7 Å². The zero-order valence-corrected chi connectivity index (χ0v) is 12.4. The molecule has 2 rings (SSSR count). The number of hydrogen-bond acceptors (Lipinski definition) is 2. The summed E-state index contributed by atoms with van der Waals surface area (Å²) in [5.41, 5.74) is 1.19. The van der Waals surface area contributed by atoms with Crippen LogP contribution in [-0.2, 0) is 11.2 Å². The summed E-state index contributed by atoms with van der Waals surface area (Å²) in [5, 5.41) is 2.74. The molecule has 2 aromatic carbocycles. The Kier molecular flexibility index (Phi) is 5.62. The molecule has 0 bridgehead atoms. The monoisotopic (exact) mass is 323 g/mol. The van der Waals surface area contributed by atoms with Gasteiger partial charge in [0.1, 0.15) is 11.6 Å². The fraction of sp³-hybridized carbons (Fsp3) is 0.235. The Morgan fingerprint density at radius 2 is 1.91 bits per heavy atom. The van der Waals surface area contributed by atoms with Gasteiger partial charge in [0.15, 0.2) is 0 Å². The Labute approximate surface area is 132 Å². The summed E-state index contributed by atoms with van der Waals surface area (Å²) in [6.45, 7) is -1.17. The quantitative estimate of drug-likeness (QED) is 0.877. The van der Waals surface area contributed by atoms with Crippen LogP contribution in [0.4, 0.5) is 13.2 Å². The van der Waals surface area contributed by atoms with Gasteiger partial charge in [-0.3, -0.25) is 4.79 Å². The molecule has 0 saturated carbocycles. The molecule has 122 valence electrons. The zero-order valence-electron chi connectivity index (χ0n) is 12.4. The van der Waals surface area contributed by atoms with Crippen LogP contribution >= 0.6 is 0 Å². The topological polar surface area (TPSA) is 38.3 Å². The Bertz CT molecular complexity index is 676. The molecule has 1 amide bonds. The summed E-state index contributed by atoms with van der Waals surface area (Å²) >= 11 is 0. The number of hydrogen-bond donors (Lipinski definition) is 1. The predicted octanol–water partition coefficient (Wildman–Crippen LogP) is 3.85. The van der Waals surface area contributed by atoms with Gasteiger partial charge in [-0.05, 0) is 42.3 Å². The maximum Gasteiger partial charge on any atom is 0.387 e. The van der Waals surface area contributed by atoms with E-state index in [-0.39, 0.29) is 18.1 Å². The van der Waals surface area contributed by atoms with Crippen molar-refractivity contribution in [2.45, 2.75) is 26.0 Å². The van der Waals surface area contributed by atoms with Gasteiger partial charge in [-0.1, -0.05) is 24.3 Å². The molecule has 1 atom stereocenters. The van der Waals surface area contributed by atoms with Crippen LogP contribution in [0.3, 0.4) is 0 Å². The van der Waals surface area contributed by atoms with Crippen LogP contribution in [0.5, 0.6) is 5.75 Å². The van der Waals surface area contributed by atoms with Crippen LogP contribution in [0.2, 0.25) is 0 Å². The second-order valence-corrected chi connectivity index (χ2v) is 5.05. The summed E-state index contributed by atoms with van der Waals surface area (Å²) in [5.74, 6) is -0.660. The van der Waals surface area contributed by atoms with E-state index in [1.807, 2.05) is 0 Å². The standard InChI is InChI=1S/C17H16F3NO2/c1-11(13-5-3-7-15(10-13)23-17(19)20)21-16(22)9-12-4-2-6-14(18)8-12/h2-8,10-11,17H,9H2,1H3,(H,21,22)/t11-/m0/s1. The molecule has 0 aliphatic carbocycles. The third-order valence-corrected chi connectivity index (χ3v) is 3.21. The van der Waals surface area contributed by atoms with E-state index >= 15 is 0 Å². The fourth-order valence-corrected chi connectivity index (χ4v) is 2.17. The minimum atomic E-state index is -2.90. The van der Waals surface area contributed by atoms with Gasteiger partial charge in [0.05, 0.1) is 12.5 Å². The average molecular weight is 323 g/mol. The minimum absolute atomic E-state index is 0.0312. The number of ether oxygens (including phenoxy) is 1. The van der Waals surface area contributed by atoms with Crippen molar-refractivity contribution in [2.24, 2.45) is 0 Å². The van der Waals surface area contributed by atoms with E-state index in [9.17, 15) is 18.0 Å². The highest BCUT2D eigenvalue weighted by Crippen LogP contribution is 2.20. The molecule has 0 radical (unpaired) electrons. The van der Waals surface area contributed by atoms with E-state index in [0.717, 1.165) is 0 Å². The first kappa shape index (κ1) is 16.9. The number of alkyl halides is 2. The Morgan fingerprint density at radius 1 is 1.17 bits per heavy atom. The number of amides is 1. The van der Waals surface area contributed by atoms with Gasteiger partial charge in [0, 0.05) is 0 Å². The van der Waals surface area contributed by atoms with Crippen LogP contribution in [0.1, 0.15) is 24.1 Å². The van der Waals surface area contributed by atoms with E-state index in [1.54, 1.807) is 25.1 Å². The fourth-order valence-electron chi connectivity index (χ4n) is 2.17. The van der Waals surface area contributed by atoms with Gasteiger partial charge in [0.25, 0.3) is 0 Å². The molecule has 0 saturated heterocycles. The number of rotatable bonds is 6. The molecule has 2 aromatic rings. The van der Waals surface area contributed by atoms with E-state index in [0.29, 0.717) is 11.1 Å². The largest absolute Gasteiger partial charge is 0.435 e. The molecule has 0 aliphatic rings. The molecule has 6 heteroatoms. The first-order valence-electron chi connectivity index (χ1n) is 7.02. The Balaban J connectivity index is 1.98. The van der Waals surface area contributed by atoms with Crippen molar-refractivity contribution in [2.75, 3.05) is 0 Å². The third kappa shape index (κ3) is 5.32. The maximum absolute atomic E-state index is 13.1. The van der Waals surface area contributed by atoms with Gasteiger partial charge in [-0.15, -0.1) is 0 Å². The van der Waals surface area contributed by atoms with Crippen LogP contribution in [0.15, 0.2) is 48.5 Å². The van der Waals surface area contributed by atoms with E-state index in [4.69, 9.17) is 0 Å². The predicted molar refractivity (Wildman–Crippen MR) is 79.7 cm³/mol. The molecule has 1 N–H and O–H groups in total. The lowest BCUT2D eigenvalue weighted by atomic mass is 10.1. The number of halogens is 3. The zero-order chi connectivity index (χ0) is 16.8. The molecule has 0 unspecified atom stereocenters. The highest BCUT2D eigenvalue weighted by Gasteiger charge is 2.12. The van der Waals surface area contributed by atoms with Gasteiger partial charge in [-0.2, -0.15) is 8.78 Å². The lowest BCUT2D eigenvalue weighted by Gasteiger charge is -2.15. The summed E-state index contributed by atoms with van der Waals surface area (Å²) in [7, 11) is 0. The summed E-state index contributed by atoms with van der Waals surface area (Å²) in [6.07, 6.45) is 0.0370. The van der Waals surface area contributed by atoms with Crippen LogP contribution in [0.25, 0.3) is 0 Å². The number of carbonyl (C=O) groups excluding carboxylic acids is 1. The van der Waals surface area contributed by atoms with E-state index in [1.165, 1.54) is 30.3 Å². The smallest absolute Gasteiger partial charge is 0.387 e. The van der Waals surface area contributed by atoms with E-state index in [2.05, 4.69) is 10.1 Å². The van der Waals surface area contributed by atoms with Crippen molar-refractivity contribution in [1.82, 2.24) is 5.32 Å². The Hall–Kier alpha value is -2.50. The highest BCUT2D eigenvalue weighted by atomic mass is 19.3. The van der Waals surface area contributed by atoms with Crippen LogP contribution < -0.4 is 10.1 Å². The molecular weight excluding hydrogens is 307 g/mol. The molecule has 3 nitrogen and oxygen atoms in total. The summed E-state index contributed by atoms with van der Waals surface area (Å²) in [4.78, 5) is 12.0. The highest BCUT2D eigenvalue weighted by molar-refractivity contribution is 5.79. The molecule has 0 aliphatic heterocycles. The number of nitrogens with one attached hydrogen (secondary N) is 1. The Morgan fingerprint density at radius 3 is 2.61 bits per heavy atom.